The van der Waals surface area contributed by atoms with Crippen molar-refractivity contribution in [2.75, 3.05) is 11.5 Å². The third-order valence-corrected chi connectivity index (χ3v) is 13.7. The molecule has 0 heterocycles. The van der Waals surface area contributed by atoms with Gasteiger partial charge in [-0.05, 0) is 173 Å². The van der Waals surface area contributed by atoms with Crippen molar-refractivity contribution in [1.82, 2.24) is 0 Å². The maximum Gasteiger partial charge on any atom is 0.128 e. The molecule has 2 atom stereocenters. The van der Waals surface area contributed by atoms with Crippen LogP contribution in [0, 0.1) is 13.8 Å². The van der Waals surface area contributed by atoms with Crippen LogP contribution in [0.1, 0.15) is 202 Å². The van der Waals surface area contributed by atoms with Gasteiger partial charge in [-0.15, -0.1) is 0 Å². The summed E-state index contributed by atoms with van der Waals surface area (Å²) in [5.41, 5.74) is 33.1. The minimum atomic E-state index is -0.00647. The average Bonchev–Trinajstić information content (AvgIpc) is 3.27. The molecule has 7 nitrogen and oxygen atoms in total. The zero-order valence-corrected chi connectivity index (χ0v) is 42.9. The van der Waals surface area contributed by atoms with Crippen molar-refractivity contribution in [2.24, 2.45) is 9.98 Å². The summed E-state index contributed by atoms with van der Waals surface area (Å²) in [6, 6.07) is 30.3. The molecule has 7 N–H and O–H groups in total. The van der Waals surface area contributed by atoms with Gasteiger partial charge in [0.15, 0.2) is 0 Å². The Bertz CT molecular complexity index is 2800. The van der Waals surface area contributed by atoms with E-state index in [1.165, 1.54) is 56.1 Å². The SMILES string of the molecule is CC(=Nc1c(C(C)C)cc(Cc2cc(C(C)C)c(N)c(C(C)C)c2)cc1C(C)CCC(C)c1cc(Cc2cc(C)c(N)c(C(C)C)c2)cc(C)c1N=Cc1ccccc1O)c1ccc(O)cc1O. The summed E-state index contributed by atoms with van der Waals surface area (Å²) in [6.45, 7) is 28.5. The molecule has 0 spiro atoms. The van der Waals surface area contributed by atoms with Gasteiger partial charge in [-0.2, -0.15) is 0 Å². The number of aryl methyl sites for hydroxylation is 2. The molecule has 6 rings (SSSR count). The fourth-order valence-corrected chi connectivity index (χ4v) is 9.70. The lowest BCUT2D eigenvalue weighted by Gasteiger charge is -2.24. The molecule has 0 aliphatic carbocycles. The van der Waals surface area contributed by atoms with Crippen molar-refractivity contribution in [3.05, 3.63) is 169 Å². The lowest BCUT2D eigenvalue weighted by Crippen LogP contribution is -2.07. The summed E-state index contributed by atoms with van der Waals surface area (Å²) in [5, 5.41) is 31.7. The van der Waals surface area contributed by atoms with Gasteiger partial charge in [0.1, 0.15) is 17.2 Å². The summed E-state index contributed by atoms with van der Waals surface area (Å²) >= 11 is 0. The minimum absolute atomic E-state index is 0.00647. The highest BCUT2D eigenvalue weighted by atomic mass is 16.3. The van der Waals surface area contributed by atoms with Gasteiger partial charge in [-0.3, -0.25) is 9.98 Å². The standard InChI is InChI=1S/C61H76N4O3/c1-34(2)50-26-43(22-40(11)58(50)62)24-44-23-41(12)60(64-33-47-16-14-15-17-56(47)67)54(30-44)38(9)18-19-39(10)55-31-46(25-45-27-51(35(3)4)59(63)52(28-45)36(5)6)29-53(37(7)8)61(55)65-42(13)49-21-20-48(66)32-57(49)68/h14-17,20-23,26-39,66-68H,18-19,24-25,62-63H2,1-13H3. The molecule has 2 unspecified atom stereocenters. The number of para-hydroxylation sites is 1. The molecule has 7 heteroatoms. The number of phenols is 3. The smallest absolute Gasteiger partial charge is 0.128 e. The Balaban J connectivity index is 1.44. The summed E-state index contributed by atoms with van der Waals surface area (Å²) < 4.78 is 0. The van der Waals surface area contributed by atoms with Crippen LogP contribution in [-0.2, 0) is 12.8 Å². The van der Waals surface area contributed by atoms with Crippen molar-refractivity contribution >= 4 is 34.7 Å². The second-order valence-electron chi connectivity index (χ2n) is 20.6. The first kappa shape index (κ1) is 51.1. The van der Waals surface area contributed by atoms with Crippen LogP contribution >= 0.6 is 0 Å². The van der Waals surface area contributed by atoms with Crippen LogP contribution in [0.2, 0.25) is 0 Å². The van der Waals surface area contributed by atoms with E-state index in [0.717, 1.165) is 65.1 Å². The molecule has 0 aromatic heterocycles. The molecule has 0 bridgehead atoms. The van der Waals surface area contributed by atoms with Crippen molar-refractivity contribution in [3.63, 3.8) is 0 Å². The topological polar surface area (TPSA) is 137 Å². The van der Waals surface area contributed by atoms with Gasteiger partial charge in [0, 0.05) is 40.5 Å². The van der Waals surface area contributed by atoms with Crippen molar-refractivity contribution in [3.8, 4) is 17.2 Å². The first-order valence-corrected chi connectivity index (χ1v) is 24.6. The highest BCUT2D eigenvalue weighted by molar-refractivity contribution is 6.03. The van der Waals surface area contributed by atoms with E-state index in [9.17, 15) is 15.3 Å². The van der Waals surface area contributed by atoms with Gasteiger partial charge >= 0.3 is 0 Å². The molecule has 0 aliphatic rings. The van der Waals surface area contributed by atoms with Gasteiger partial charge < -0.3 is 26.8 Å². The Hall–Kier alpha value is -6.34. The van der Waals surface area contributed by atoms with Crippen LogP contribution in [0.25, 0.3) is 0 Å². The Morgan fingerprint density at radius 2 is 0.971 bits per heavy atom. The van der Waals surface area contributed by atoms with Crippen LogP contribution in [0.5, 0.6) is 17.2 Å². The van der Waals surface area contributed by atoms with Gasteiger partial charge in [-0.25, -0.2) is 0 Å². The van der Waals surface area contributed by atoms with Crippen molar-refractivity contribution < 1.29 is 15.3 Å². The van der Waals surface area contributed by atoms with Crippen molar-refractivity contribution in [1.29, 1.82) is 0 Å². The molecule has 0 radical (unpaired) electrons. The number of hydrogen-bond donors (Lipinski definition) is 5. The predicted molar refractivity (Wildman–Crippen MR) is 289 cm³/mol. The summed E-state index contributed by atoms with van der Waals surface area (Å²) in [6.07, 6.45) is 5.08. The zero-order valence-electron chi connectivity index (χ0n) is 42.9. The first-order valence-electron chi connectivity index (χ1n) is 24.6. The molecule has 0 fully saturated rings. The zero-order chi connectivity index (χ0) is 49.7. The number of nitrogens with zero attached hydrogens (tertiary/aromatic N) is 2. The highest BCUT2D eigenvalue weighted by Gasteiger charge is 2.23. The van der Waals surface area contributed by atoms with Gasteiger partial charge in [0.2, 0.25) is 0 Å². The number of hydrogen-bond acceptors (Lipinski definition) is 7. The normalized spacial score (nSPS) is 13.2. The van der Waals surface area contributed by atoms with Crippen LogP contribution in [0.3, 0.4) is 0 Å². The second kappa shape index (κ2) is 21.7. The molecule has 6 aromatic carbocycles. The average molecular weight is 913 g/mol. The lowest BCUT2D eigenvalue weighted by molar-refractivity contribution is 0.450. The number of anilines is 2. The molecule has 0 saturated heterocycles. The number of nitrogens with two attached hydrogens (primary N) is 2. The Kier molecular flexibility index (Phi) is 16.3. The van der Waals surface area contributed by atoms with Gasteiger partial charge in [0.25, 0.3) is 0 Å². The van der Waals surface area contributed by atoms with Crippen LogP contribution in [0.15, 0.2) is 101 Å². The molecule has 0 amide bonds. The predicted octanol–water partition coefficient (Wildman–Crippen LogP) is 15.8. The van der Waals surface area contributed by atoms with E-state index in [1.54, 1.807) is 24.4 Å². The molecular weight excluding hydrogens is 837 g/mol. The molecule has 0 saturated carbocycles. The van der Waals surface area contributed by atoms with E-state index >= 15 is 0 Å². The number of nitrogen functional groups attached to an aromatic ring is 2. The maximum atomic E-state index is 10.9. The highest BCUT2D eigenvalue weighted by Crippen LogP contribution is 2.43. The van der Waals surface area contributed by atoms with Crippen LogP contribution < -0.4 is 11.5 Å². The number of aromatic hydroxyl groups is 3. The fourth-order valence-electron chi connectivity index (χ4n) is 9.70. The van der Waals surface area contributed by atoms with Gasteiger partial charge in [-0.1, -0.05) is 130 Å². The molecule has 358 valence electrons. The van der Waals surface area contributed by atoms with E-state index in [1.807, 2.05) is 25.1 Å². The molecule has 6 aromatic rings. The van der Waals surface area contributed by atoms with E-state index < -0.39 is 0 Å². The summed E-state index contributed by atoms with van der Waals surface area (Å²) in [5.74, 6) is 1.54. The molecule has 68 heavy (non-hydrogen) atoms. The minimum Gasteiger partial charge on any atom is -0.508 e. The third kappa shape index (κ3) is 11.8. The van der Waals surface area contributed by atoms with E-state index in [-0.39, 0.29) is 35.0 Å². The number of rotatable bonds is 17. The Morgan fingerprint density at radius 3 is 1.49 bits per heavy atom. The quantitative estimate of drug-likeness (QED) is 0.0458. The lowest BCUT2D eigenvalue weighted by atomic mass is 9.83. The Labute approximate surface area is 407 Å². The monoisotopic (exact) mass is 913 g/mol. The van der Waals surface area contributed by atoms with Gasteiger partial charge in [0.05, 0.1) is 11.4 Å². The van der Waals surface area contributed by atoms with E-state index in [2.05, 4.69) is 132 Å². The largest absolute Gasteiger partial charge is 0.508 e. The third-order valence-electron chi connectivity index (χ3n) is 13.7. The maximum absolute atomic E-state index is 10.9. The first-order chi connectivity index (χ1) is 32.1. The van der Waals surface area contributed by atoms with Crippen LogP contribution in [0.4, 0.5) is 22.7 Å². The fraction of sp³-hybridized carbons (Fsp3) is 0.377. The Morgan fingerprint density at radius 1 is 0.515 bits per heavy atom. The summed E-state index contributed by atoms with van der Waals surface area (Å²) in [7, 11) is 0. The molecule has 0 aliphatic heterocycles. The number of phenolic OH excluding ortho intramolecular Hbond substituents is 3. The van der Waals surface area contributed by atoms with E-state index in [4.69, 9.17) is 21.5 Å². The number of benzene rings is 6. The molecular formula is C61H76N4O3. The summed E-state index contributed by atoms with van der Waals surface area (Å²) in [4.78, 5) is 10.5. The number of aliphatic imine (C=N–C) groups is 2. The van der Waals surface area contributed by atoms with Crippen molar-refractivity contribution in [2.45, 2.75) is 151 Å². The second-order valence-corrected chi connectivity index (χ2v) is 20.6. The van der Waals surface area contributed by atoms with E-state index in [0.29, 0.717) is 34.6 Å². The van der Waals surface area contributed by atoms with Crippen LogP contribution in [-0.4, -0.2) is 27.2 Å².